The normalized spacial score (nSPS) is 13.5. The summed E-state index contributed by atoms with van der Waals surface area (Å²) < 4.78 is 2.05. The van der Waals surface area contributed by atoms with Gasteiger partial charge in [-0.3, -0.25) is 4.79 Å². The number of thioether (sulfide) groups is 1. The van der Waals surface area contributed by atoms with Gasteiger partial charge in [0.15, 0.2) is 5.16 Å². The molecule has 6 nitrogen and oxygen atoms in total. The van der Waals surface area contributed by atoms with Crippen molar-refractivity contribution < 1.29 is 4.79 Å². The summed E-state index contributed by atoms with van der Waals surface area (Å²) in [4.78, 5) is 14.5. The zero-order chi connectivity index (χ0) is 17.8. The molecule has 130 valence electrons. The lowest BCUT2D eigenvalue weighted by Crippen LogP contribution is -2.33. The summed E-state index contributed by atoms with van der Waals surface area (Å²) in [5.74, 6) is 0.264. The molecule has 0 N–H and O–H groups in total. The molecule has 0 saturated heterocycles. The van der Waals surface area contributed by atoms with Crippen LogP contribution in [0.4, 0.5) is 5.69 Å². The number of carbonyl (C=O) groups excluding carboxylic acids is 1. The number of hydrogen-bond donors (Lipinski definition) is 0. The van der Waals surface area contributed by atoms with Gasteiger partial charge in [0.2, 0.25) is 5.91 Å². The van der Waals surface area contributed by atoms with E-state index in [1.165, 1.54) is 11.8 Å². The molecule has 0 aliphatic heterocycles. The zero-order valence-electron chi connectivity index (χ0n) is 14.5. The molecule has 0 spiro atoms. The van der Waals surface area contributed by atoms with Gasteiger partial charge in [0.25, 0.3) is 0 Å². The second kappa shape index (κ2) is 7.70. The minimum atomic E-state index is -0.0180. The molecule has 1 aromatic heterocycles. The molecular weight excluding hydrogens is 334 g/mol. The first-order valence-electron chi connectivity index (χ1n) is 8.36. The third-order valence-corrected chi connectivity index (χ3v) is 5.01. The molecule has 0 bridgehead atoms. The number of aromatic nitrogens is 3. The fraction of sp³-hybridized carbons (Fsp3) is 0.444. The molecule has 0 radical (unpaired) electrons. The average molecular weight is 355 g/mol. The first kappa shape index (κ1) is 17.5. The Morgan fingerprint density at radius 3 is 2.72 bits per heavy atom. The van der Waals surface area contributed by atoms with Gasteiger partial charge in [-0.15, -0.1) is 10.2 Å². The molecule has 2 aromatic rings. The van der Waals surface area contributed by atoms with Crippen LogP contribution < -0.4 is 4.90 Å². The summed E-state index contributed by atoms with van der Waals surface area (Å²) in [6, 6.07) is 8.66. The lowest BCUT2D eigenvalue weighted by atomic mass is 10.1. The minimum Gasteiger partial charge on any atom is -0.311 e. The van der Waals surface area contributed by atoms with Crippen molar-refractivity contribution in [3.8, 4) is 6.07 Å². The van der Waals surface area contributed by atoms with Crippen LogP contribution in [0, 0.1) is 25.2 Å². The fourth-order valence-electron chi connectivity index (χ4n) is 2.81. The molecule has 1 amide bonds. The van der Waals surface area contributed by atoms with Crippen LogP contribution in [0.5, 0.6) is 0 Å². The molecular formula is C18H21N5OS. The predicted octanol–water partition coefficient (Wildman–Crippen LogP) is 3.27. The van der Waals surface area contributed by atoms with E-state index in [2.05, 4.69) is 22.3 Å². The van der Waals surface area contributed by atoms with E-state index in [1.807, 2.05) is 30.5 Å². The van der Waals surface area contributed by atoms with Crippen molar-refractivity contribution in [1.29, 1.82) is 5.26 Å². The Morgan fingerprint density at radius 2 is 2.08 bits per heavy atom. The second-order valence-electron chi connectivity index (χ2n) is 6.34. The molecule has 1 aromatic carbocycles. The maximum absolute atomic E-state index is 12.8. The number of hydrogen-bond acceptors (Lipinski definition) is 5. The fourth-order valence-corrected chi connectivity index (χ4v) is 3.67. The van der Waals surface area contributed by atoms with Gasteiger partial charge in [0.05, 0.1) is 18.2 Å². The van der Waals surface area contributed by atoms with Crippen LogP contribution in [0.2, 0.25) is 0 Å². The van der Waals surface area contributed by atoms with Gasteiger partial charge in [-0.25, -0.2) is 0 Å². The number of aryl methyl sites for hydroxylation is 2. The highest BCUT2D eigenvalue weighted by atomic mass is 32.2. The van der Waals surface area contributed by atoms with Gasteiger partial charge in [-0.05, 0) is 49.9 Å². The van der Waals surface area contributed by atoms with Crippen molar-refractivity contribution in [3.05, 3.63) is 35.7 Å². The summed E-state index contributed by atoms with van der Waals surface area (Å²) in [6.07, 6.45) is 4.34. The highest BCUT2D eigenvalue weighted by molar-refractivity contribution is 7.99. The lowest BCUT2D eigenvalue weighted by Gasteiger charge is -2.22. The van der Waals surface area contributed by atoms with Crippen molar-refractivity contribution in [3.63, 3.8) is 0 Å². The molecule has 25 heavy (non-hydrogen) atoms. The lowest BCUT2D eigenvalue weighted by molar-refractivity contribution is -0.116. The van der Waals surface area contributed by atoms with E-state index in [1.54, 1.807) is 11.2 Å². The number of rotatable bonds is 7. The van der Waals surface area contributed by atoms with Crippen LogP contribution in [0.15, 0.2) is 29.7 Å². The Hall–Kier alpha value is -2.33. The third kappa shape index (κ3) is 4.40. The number of nitriles is 1. The Morgan fingerprint density at radius 1 is 1.36 bits per heavy atom. The maximum Gasteiger partial charge on any atom is 0.237 e. The number of carbonyl (C=O) groups is 1. The van der Waals surface area contributed by atoms with Gasteiger partial charge >= 0.3 is 0 Å². The summed E-state index contributed by atoms with van der Waals surface area (Å²) in [6.45, 7) is 4.42. The molecule has 3 rings (SSSR count). The third-order valence-electron chi connectivity index (χ3n) is 4.07. The van der Waals surface area contributed by atoms with Crippen molar-refractivity contribution in [2.75, 3.05) is 17.2 Å². The van der Waals surface area contributed by atoms with E-state index in [4.69, 9.17) is 5.26 Å². The van der Waals surface area contributed by atoms with Crippen LogP contribution in [0.25, 0.3) is 0 Å². The quantitative estimate of drug-likeness (QED) is 0.713. The molecule has 1 aliphatic rings. The first-order chi connectivity index (χ1) is 12.1. The summed E-state index contributed by atoms with van der Waals surface area (Å²) in [5, 5.41) is 17.8. The molecule has 1 heterocycles. The first-order valence-corrected chi connectivity index (χ1v) is 9.35. The van der Waals surface area contributed by atoms with Gasteiger partial charge in [0.1, 0.15) is 6.33 Å². The Kier molecular flexibility index (Phi) is 5.39. The van der Waals surface area contributed by atoms with Gasteiger partial charge in [-0.2, -0.15) is 5.26 Å². The number of amides is 1. The topological polar surface area (TPSA) is 74.8 Å². The van der Waals surface area contributed by atoms with Crippen molar-refractivity contribution in [2.45, 2.75) is 44.3 Å². The molecule has 0 atom stereocenters. The van der Waals surface area contributed by atoms with E-state index in [-0.39, 0.29) is 11.7 Å². The van der Waals surface area contributed by atoms with Crippen LogP contribution in [-0.4, -0.2) is 33.0 Å². The van der Waals surface area contributed by atoms with Crippen LogP contribution in [0.3, 0.4) is 0 Å². The van der Waals surface area contributed by atoms with E-state index in [0.29, 0.717) is 19.0 Å². The minimum absolute atomic E-state index is 0.0180. The maximum atomic E-state index is 12.8. The zero-order valence-corrected chi connectivity index (χ0v) is 15.3. The SMILES string of the molecule is Cc1cc(C)cc(N(CCC#N)C(=O)CSc2nncn2C2CC2)c1. The highest BCUT2D eigenvalue weighted by Crippen LogP contribution is 2.37. The van der Waals surface area contributed by atoms with Crippen LogP contribution in [-0.2, 0) is 4.79 Å². The van der Waals surface area contributed by atoms with Crippen molar-refractivity contribution in [1.82, 2.24) is 14.8 Å². The molecule has 7 heteroatoms. The van der Waals surface area contributed by atoms with E-state index >= 15 is 0 Å². The number of benzene rings is 1. The molecule has 1 fully saturated rings. The highest BCUT2D eigenvalue weighted by Gasteiger charge is 2.27. The van der Waals surface area contributed by atoms with Crippen LogP contribution in [0.1, 0.15) is 36.4 Å². The molecule has 1 aliphatic carbocycles. The Balaban J connectivity index is 1.72. The summed E-state index contributed by atoms with van der Waals surface area (Å²) >= 11 is 1.41. The van der Waals surface area contributed by atoms with E-state index < -0.39 is 0 Å². The van der Waals surface area contributed by atoms with Gasteiger partial charge in [-0.1, -0.05) is 17.8 Å². The number of anilines is 1. The predicted molar refractivity (Wildman–Crippen MR) is 97.5 cm³/mol. The van der Waals surface area contributed by atoms with Gasteiger partial charge in [0, 0.05) is 18.3 Å². The molecule has 1 saturated carbocycles. The molecule has 0 unspecified atom stereocenters. The van der Waals surface area contributed by atoms with E-state index in [0.717, 1.165) is 34.8 Å². The summed E-state index contributed by atoms with van der Waals surface area (Å²) in [5.41, 5.74) is 3.05. The standard InChI is InChI=1S/C18H21N5OS/c1-13-8-14(2)10-16(9-13)22(7-3-6-19)17(24)11-25-18-21-20-12-23(18)15-4-5-15/h8-10,12,15H,3-5,7,11H2,1-2H3. The monoisotopic (exact) mass is 355 g/mol. The van der Waals surface area contributed by atoms with Crippen molar-refractivity contribution in [2.24, 2.45) is 0 Å². The van der Waals surface area contributed by atoms with Crippen LogP contribution >= 0.6 is 11.8 Å². The summed E-state index contributed by atoms with van der Waals surface area (Å²) in [7, 11) is 0. The smallest absolute Gasteiger partial charge is 0.237 e. The van der Waals surface area contributed by atoms with Crippen molar-refractivity contribution >= 4 is 23.4 Å². The average Bonchev–Trinajstić information content (AvgIpc) is 3.30. The van der Waals surface area contributed by atoms with E-state index in [9.17, 15) is 4.79 Å². The Labute approximate surface area is 151 Å². The van der Waals surface area contributed by atoms with Gasteiger partial charge < -0.3 is 9.47 Å². The second-order valence-corrected chi connectivity index (χ2v) is 7.28. The largest absolute Gasteiger partial charge is 0.311 e. The number of nitrogens with zero attached hydrogens (tertiary/aromatic N) is 5. The Bertz CT molecular complexity index is 786.